The van der Waals surface area contributed by atoms with Crippen LogP contribution in [0.25, 0.3) is 0 Å². The summed E-state index contributed by atoms with van der Waals surface area (Å²) in [6.45, 7) is 5.10. The van der Waals surface area contributed by atoms with Crippen LogP contribution >= 0.6 is 11.8 Å². The molecule has 8 nitrogen and oxygen atoms in total. The molecular weight excluding hydrogens is 356 g/mol. The summed E-state index contributed by atoms with van der Waals surface area (Å²) in [5, 5.41) is 11.0. The summed E-state index contributed by atoms with van der Waals surface area (Å²) >= 11 is 1.31. The number of carbonyl (C=O) groups is 2. The van der Waals surface area contributed by atoms with E-state index in [4.69, 9.17) is 9.47 Å². The van der Waals surface area contributed by atoms with Gasteiger partial charge in [0.25, 0.3) is 5.91 Å². The average molecular weight is 378 g/mol. The van der Waals surface area contributed by atoms with Crippen LogP contribution < -0.4 is 14.8 Å². The molecule has 1 aliphatic heterocycles. The number of rotatable bonds is 8. The van der Waals surface area contributed by atoms with E-state index in [0.717, 1.165) is 5.56 Å². The van der Waals surface area contributed by atoms with Crippen LogP contribution in [0.3, 0.4) is 0 Å². The molecule has 0 spiro atoms. The third-order valence-electron chi connectivity index (χ3n) is 3.60. The van der Waals surface area contributed by atoms with E-state index in [1.165, 1.54) is 18.9 Å². The Bertz CT molecular complexity index is 717. The van der Waals surface area contributed by atoms with Crippen molar-refractivity contribution in [1.82, 2.24) is 10.2 Å². The van der Waals surface area contributed by atoms with Crippen molar-refractivity contribution >= 4 is 35.0 Å². The van der Waals surface area contributed by atoms with Crippen LogP contribution in [0.4, 0.5) is 0 Å². The largest absolute Gasteiger partial charge is 0.493 e. The highest BCUT2D eigenvalue weighted by molar-refractivity contribution is 8.15. The van der Waals surface area contributed by atoms with Crippen LogP contribution in [0.5, 0.6) is 11.5 Å². The standard InChI is InChI=1S/C17H22N4O4S/c1-4-21(5-2)16(23)10-25-13-7-6-12(8-14(13)24-3)9-18-20-17-19-15(22)11-26-17/h6-9H,4-5,10-11H2,1-3H3,(H,19,20,22). The van der Waals surface area contributed by atoms with Crippen molar-refractivity contribution in [3.05, 3.63) is 23.8 Å². The lowest BCUT2D eigenvalue weighted by Gasteiger charge is -2.19. The lowest BCUT2D eigenvalue weighted by molar-refractivity contribution is -0.133. The quantitative estimate of drug-likeness (QED) is 0.547. The van der Waals surface area contributed by atoms with Gasteiger partial charge in [-0.3, -0.25) is 9.59 Å². The van der Waals surface area contributed by atoms with Gasteiger partial charge in [0.1, 0.15) is 0 Å². The van der Waals surface area contributed by atoms with Gasteiger partial charge in [-0.2, -0.15) is 5.10 Å². The SMILES string of the molecule is CCN(CC)C(=O)COc1ccc(C=NN=C2NC(=O)CS2)cc1OC. The van der Waals surface area contributed by atoms with Gasteiger partial charge >= 0.3 is 0 Å². The Kier molecular flexibility index (Phi) is 7.46. The lowest BCUT2D eigenvalue weighted by Crippen LogP contribution is -2.34. The number of hydrogen-bond donors (Lipinski definition) is 1. The first kappa shape index (κ1) is 19.8. The highest BCUT2D eigenvalue weighted by atomic mass is 32.2. The second kappa shape index (κ2) is 9.81. The molecule has 1 heterocycles. The predicted molar refractivity (Wildman–Crippen MR) is 102 cm³/mol. The Hall–Kier alpha value is -2.55. The van der Waals surface area contributed by atoms with E-state index in [-0.39, 0.29) is 18.4 Å². The Morgan fingerprint density at radius 1 is 1.35 bits per heavy atom. The maximum absolute atomic E-state index is 12.0. The van der Waals surface area contributed by atoms with E-state index in [1.807, 2.05) is 13.8 Å². The van der Waals surface area contributed by atoms with Gasteiger partial charge < -0.3 is 19.7 Å². The summed E-state index contributed by atoms with van der Waals surface area (Å²) in [5.74, 6) is 1.19. The zero-order chi connectivity index (χ0) is 18.9. The van der Waals surface area contributed by atoms with Gasteiger partial charge in [-0.25, -0.2) is 0 Å². The second-order valence-electron chi connectivity index (χ2n) is 5.25. The third kappa shape index (κ3) is 5.48. The summed E-state index contributed by atoms with van der Waals surface area (Å²) < 4.78 is 10.9. The molecule has 2 rings (SSSR count). The number of likely N-dealkylation sites (N-methyl/N-ethyl adjacent to an activating group) is 1. The Balaban J connectivity index is 2.00. The summed E-state index contributed by atoms with van der Waals surface area (Å²) in [6, 6.07) is 5.24. The first-order chi connectivity index (χ1) is 12.6. The zero-order valence-corrected chi connectivity index (χ0v) is 15.8. The van der Waals surface area contributed by atoms with Crippen LogP contribution in [-0.2, 0) is 9.59 Å². The number of nitrogens with one attached hydrogen (secondary N) is 1. The Labute approximate surface area is 156 Å². The molecule has 1 aliphatic rings. The normalized spacial score (nSPS) is 15.3. The minimum absolute atomic E-state index is 0.0456. The molecule has 140 valence electrons. The van der Waals surface area contributed by atoms with Crippen molar-refractivity contribution in [1.29, 1.82) is 0 Å². The third-order valence-corrected chi connectivity index (χ3v) is 4.46. The predicted octanol–water partition coefficient (Wildman–Crippen LogP) is 1.50. The molecule has 1 fully saturated rings. The molecule has 2 amide bonds. The molecule has 0 aromatic heterocycles. The number of benzene rings is 1. The Morgan fingerprint density at radius 3 is 2.73 bits per heavy atom. The molecule has 1 saturated heterocycles. The smallest absolute Gasteiger partial charge is 0.260 e. The molecule has 0 unspecified atom stereocenters. The molecule has 1 N–H and O–H groups in total. The van der Waals surface area contributed by atoms with Crippen molar-refractivity contribution in [2.45, 2.75) is 13.8 Å². The van der Waals surface area contributed by atoms with Gasteiger partial charge in [0, 0.05) is 13.1 Å². The molecule has 0 aliphatic carbocycles. The van der Waals surface area contributed by atoms with Gasteiger partial charge in [0.15, 0.2) is 23.3 Å². The average Bonchev–Trinajstić information content (AvgIpc) is 3.06. The van der Waals surface area contributed by atoms with Crippen LogP contribution in [0, 0.1) is 0 Å². The number of hydrogen-bond acceptors (Lipinski definition) is 7. The minimum Gasteiger partial charge on any atom is -0.493 e. The summed E-state index contributed by atoms with van der Waals surface area (Å²) in [7, 11) is 1.53. The van der Waals surface area contributed by atoms with Gasteiger partial charge in [-0.1, -0.05) is 11.8 Å². The number of nitrogens with zero attached hydrogens (tertiary/aromatic N) is 3. The second-order valence-corrected chi connectivity index (χ2v) is 6.22. The fourth-order valence-corrected chi connectivity index (χ4v) is 2.85. The van der Waals surface area contributed by atoms with Crippen molar-refractivity contribution in [3.8, 4) is 11.5 Å². The number of amidine groups is 1. The van der Waals surface area contributed by atoms with Gasteiger partial charge in [0.05, 0.1) is 19.1 Å². The van der Waals surface area contributed by atoms with Crippen molar-refractivity contribution < 1.29 is 19.1 Å². The Morgan fingerprint density at radius 2 is 2.12 bits per heavy atom. The van der Waals surface area contributed by atoms with Gasteiger partial charge in [-0.15, -0.1) is 5.10 Å². The van der Waals surface area contributed by atoms with Crippen LogP contribution in [0.1, 0.15) is 19.4 Å². The van der Waals surface area contributed by atoms with E-state index < -0.39 is 0 Å². The maximum atomic E-state index is 12.0. The van der Waals surface area contributed by atoms with Gasteiger partial charge in [0.2, 0.25) is 5.91 Å². The van der Waals surface area contributed by atoms with Crippen molar-refractivity contribution in [3.63, 3.8) is 0 Å². The molecular formula is C17H22N4O4S. The van der Waals surface area contributed by atoms with E-state index in [2.05, 4.69) is 15.5 Å². The molecule has 9 heteroatoms. The highest BCUT2D eigenvalue weighted by Crippen LogP contribution is 2.27. The van der Waals surface area contributed by atoms with Crippen LogP contribution in [-0.4, -0.2) is 60.7 Å². The van der Waals surface area contributed by atoms with E-state index >= 15 is 0 Å². The zero-order valence-electron chi connectivity index (χ0n) is 15.0. The molecule has 1 aromatic carbocycles. The number of ether oxygens (including phenoxy) is 2. The topological polar surface area (TPSA) is 92.6 Å². The summed E-state index contributed by atoms with van der Waals surface area (Å²) in [5.41, 5.74) is 0.753. The molecule has 1 aromatic rings. The molecule has 0 radical (unpaired) electrons. The number of amides is 2. The first-order valence-corrected chi connectivity index (χ1v) is 9.18. The van der Waals surface area contributed by atoms with Crippen LogP contribution in [0.15, 0.2) is 28.4 Å². The minimum atomic E-state index is -0.0774. The highest BCUT2D eigenvalue weighted by Gasteiger charge is 2.16. The number of methoxy groups -OCH3 is 1. The summed E-state index contributed by atoms with van der Waals surface area (Å²) in [6.07, 6.45) is 1.55. The fourth-order valence-electron chi connectivity index (χ4n) is 2.22. The molecule has 26 heavy (non-hydrogen) atoms. The molecule has 0 atom stereocenters. The van der Waals surface area contributed by atoms with Crippen LogP contribution in [0.2, 0.25) is 0 Å². The molecule has 0 bridgehead atoms. The van der Waals surface area contributed by atoms with E-state index in [1.54, 1.807) is 29.3 Å². The monoisotopic (exact) mass is 378 g/mol. The number of thioether (sulfide) groups is 1. The maximum Gasteiger partial charge on any atom is 0.260 e. The van der Waals surface area contributed by atoms with Crippen molar-refractivity contribution in [2.24, 2.45) is 10.2 Å². The summed E-state index contributed by atoms with van der Waals surface area (Å²) in [4.78, 5) is 24.8. The molecule has 0 saturated carbocycles. The lowest BCUT2D eigenvalue weighted by atomic mass is 10.2. The van der Waals surface area contributed by atoms with Gasteiger partial charge in [-0.05, 0) is 37.6 Å². The number of carbonyl (C=O) groups excluding carboxylic acids is 2. The van der Waals surface area contributed by atoms with E-state index in [9.17, 15) is 9.59 Å². The van der Waals surface area contributed by atoms with Crippen molar-refractivity contribution in [2.75, 3.05) is 32.6 Å². The van der Waals surface area contributed by atoms with E-state index in [0.29, 0.717) is 35.5 Å². The first-order valence-electron chi connectivity index (χ1n) is 8.19. The fraction of sp³-hybridized carbons (Fsp3) is 0.412.